The first-order valence-corrected chi connectivity index (χ1v) is 14.7. The number of benzene rings is 3. The minimum atomic E-state index is -4.48. The van der Waals surface area contributed by atoms with Gasteiger partial charge in [-0.2, -0.15) is 13.2 Å². The summed E-state index contributed by atoms with van der Waals surface area (Å²) in [5.41, 5.74) is 0.393. The van der Waals surface area contributed by atoms with Gasteiger partial charge in [0.15, 0.2) is 0 Å². The van der Waals surface area contributed by atoms with Crippen LogP contribution in [0.3, 0.4) is 0 Å². The van der Waals surface area contributed by atoms with E-state index in [4.69, 9.17) is 33.2 Å². The van der Waals surface area contributed by atoms with Crippen LogP contribution in [-0.2, 0) is 39.3 Å². The Bertz CT molecular complexity index is 1310. The second-order valence-corrected chi connectivity index (χ2v) is 9.45. The van der Waals surface area contributed by atoms with Crippen LogP contribution in [0.5, 0.6) is 0 Å². The van der Waals surface area contributed by atoms with Crippen LogP contribution in [-0.4, -0.2) is 91.2 Å². The molecule has 3 aromatic rings. The molecule has 0 aliphatic heterocycles. The van der Waals surface area contributed by atoms with Gasteiger partial charge in [0.1, 0.15) is 13.2 Å². The van der Waals surface area contributed by atoms with Crippen LogP contribution in [0.15, 0.2) is 78.9 Å². The van der Waals surface area contributed by atoms with Gasteiger partial charge in [0.2, 0.25) is 0 Å². The Hall–Kier alpha value is -4.01. The van der Waals surface area contributed by atoms with Gasteiger partial charge < -0.3 is 38.5 Å². The van der Waals surface area contributed by atoms with E-state index in [1.165, 1.54) is 18.2 Å². The first kappa shape index (κ1) is 36.5. The number of hydrogen-bond donors (Lipinski definition) is 1. The van der Waals surface area contributed by atoms with Gasteiger partial charge in [-0.3, -0.25) is 0 Å². The van der Waals surface area contributed by atoms with Crippen molar-refractivity contribution >= 4 is 23.3 Å². The minimum absolute atomic E-state index is 0.00735. The molecule has 0 aromatic heterocycles. The lowest BCUT2D eigenvalue weighted by Crippen LogP contribution is -2.16. The molecular weight excluding hydrogens is 611 g/mol. The predicted octanol–water partition coefficient (Wildman–Crippen LogP) is 5.55. The van der Waals surface area contributed by atoms with Crippen LogP contribution in [0.4, 0.5) is 24.5 Å². The Morgan fingerprint density at radius 2 is 1.02 bits per heavy atom. The highest BCUT2D eigenvalue weighted by molar-refractivity contribution is 5.96. The molecule has 0 aliphatic carbocycles. The van der Waals surface area contributed by atoms with Gasteiger partial charge in [-0.15, -0.1) is 0 Å². The lowest BCUT2D eigenvalue weighted by atomic mass is 10.1. The van der Waals surface area contributed by atoms with Crippen LogP contribution >= 0.6 is 0 Å². The Balaban J connectivity index is 1.12. The zero-order valence-corrected chi connectivity index (χ0v) is 25.3. The van der Waals surface area contributed by atoms with Crippen LogP contribution in [0.1, 0.15) is 26.3 Å². The van der Waals surface area contributed by atoms with Crippen molar-refractivity contribution in [1.82, 2.24) is 0 Å². The molecule has 0 atom stereocenters. The maximum absolute atomic E-state index is 13.0. The zero-order valence-electron chi connectivity index (χ0n) is 25.3. The highest BCUT2D eigenvalue weighted by Gasteiger charge is 2.30. The Morgan fingerprint density at radius 3 is 1.57 bits per heavy atom. The summed E-state index contributed by atoms with van der Waals surface area (Å²) >= 11 is 0. The van der Waals surface area contributed by atoms with Gasteiger partial charge in [-0.25, -0.2) is 9.59 Å². The van der Waals surface area contributed by atoms with Crippen LogP contribution in [0, 0.1) is 0 Å². The summed E-state index contributed by atoms with van der Waals surface area (Å²) in [6, 6.07) is 19.8. The van der Waals surface area contributed by atoms with Crippen molar-refractivity contribution in [1.29, 1.82) is 0 Å². The number of carbonyl (C=O) groups excluding carboxylic acids is 2. The van der Waals surface area contributed by atoms with E-state index in [1.807, 2.05) is 6.07 Å². The smallest absolute Gasteiger partial charge is 0.416 e. The number of halogens is 3. The fraction of sp³-hybridized carbons (Fsp3) is 0.394. The molecule has 0 bridgehead atoms. The SMILES string of the molecule is O=C(OCCOCCOCCOCCOCCOCCOC(=O)c1ccccc1Nc1cccc(C(F)(F)F)c1)c1ccccc1. The number of para-hydroxylation sites is 1. The average Bonchev–Trinajstić information content (AvgIpc) is 3.06. The molecule has 0 fully saturated rings. The Labute approximate surface area is 265 Å². The number of rotatable bonds is 22. The van der Waals surface area contributed by atoms with Crippen LogP contribution in [0.25, 0.3) is 0 Å². The summed E-state index contributed by atoms with van der Waals surface area (Å²) in [5, 5.41) is 2.85. The van der Waals surface area contributed by atoms with E-state index in [-0.39, 0.29) is 43.6 Å². The lowest BCUT2D eigenvalue weighted by molar-refractivity contribution is -0.137. The second-order valence-electron chi connectivity index (χ2n) is 9.45. The van der Waals surface area contributed by atoms with E-state index >= 15 is 0 Å². The second kappa shape index (κ2) is 20.9. The molecule has 13 heteroatoms. The third-order valence-electron chi connectivity index (χ3n) is 6.04. The summed E-state index contributed by atoms with van der Waals surface area (Å²) in [6.45, 7) is 3.54. The number of nitrogens with one attached hydrogen (secondary N) is 1. The van der Waals surface area contributed by atoms with Gasteiger partial charge >= 0.3 is 18.1 Å². The van der Waals surface area contributed by atoms with Gasteiger partial charge in [-0.1, -0.05) is 36.4 Å². The standard InChI is InChI=1S/C33H38F3NO9/c34-33(35,36)27-9-6-10-28(25-27)37-30-12-5-4-11-29(30)32(39)46-24-22-44-20-18-42-16-14-40-13-15-41-17-19-43-21-23-45-31(38)26-7-2-1-3-8-26/h1-12,25,37H,13-24H2. The average molecular weight is 650 g/mol. The van der Waals surface area contributed by atoms with Gasteiger partial charge in [0.25, 0.3) is 0 Å². The number of alkyl halides is 3. The molecule has 0 spiro atoms. The van der Waals surface area contributed by atoms with Crippen molar-refractivity contribution in [2.75, 3.05) is 84.6 Å². The van der Waals surface area contributed by atoms with E-state index in [0.29, 0.717) is 64.1 Å². The summed E-state index contributed by atoms with van der Waals surface area (Å²) in [5.74, 6) is -1.02. The molecule has 0 unspecified atom stereocenters. The fourth-order valence-electron chi connectivity index (χ4n) is 3.80. The first-order chi connectivity index (χ1) is 22.3. The van der Waals surface area contributed by atoms with Crippen LogP contribution < -0.4 is 5.32 Å². The maximum Gasteiger partial charge on any atom is 0.416 e. The van der Waals surface area contributed by atoms with E-state index in [2.05, 4.69) is 5.32 Å². The molecule has 250 valence electrons. The molecule has 0 radical (unpaired) electrons. The lowest BCUT2D eigenvalue weighted by Gasteiger charge is -2.13. The zero-order chi connectivity index (χ0) is 32.9. The normalized spacial score (nSPS) is 11.3. The van der Waals surface area contributed by atoms with E-state index in [0.717, 1.165) is 12.1 Å². The molecule has 1 N–H and O–H groups in total. The molecule has 3 rings (SSSR count). The molecule has 0 heterocycles. The number of anilines is 2. The van der Waals surface area contributed by atoms with Crippen molar-refractivity contribution in [3.05, 3.63) is 95.6 Å². The van der Waals surface area contributed by atoms with Crippen molar-refractivity contribution in [2.24, 2.45) is 0 Å². The van der Waals surface area contributed by atoms with E-state index in [1.54, 1.807) is 42.5 Å². The quantitative estimate of drug-likeness (QED) is 0.110. The monoisotopic (exact) mass is 649 g/mol. The third-order valence-corrected chi connectivity index (χ3v) is 6.04. The van der Waals surface area contributed by atoms with Crippen LogP contribution in [0.2, 0.25) is 0 Å². The number of ether oxygens (including phenoxy) is 7. The van der Waals surface area contributed by atoms with Gasteiger partial charge in [-0.05, 0) is 42.5 Å². The van der Waals surface area contributed by atoms with E-state index in [9.17, 15) is 22.8 Å². The van der Waals surface area contributed by atoms with Crippen molar-refractivity contribution in [2.45, 2.75) is 6.18 Å². The molecule has 0 amide bonds. The first-order valence-electron chi connectivity index (χ1n) is 14.7. The summed E-state index contributed by atoms with van der Waals surface area (Å²) in [6.07, 6.45) is -4.48. The largest absolute Gasteiger partial charge is 0.460 e. The topological polar surface area (TPSA) is 111 Å². The number of carbonyl (C=O) groups is 2. The highest BCUT2D eigenvalue weighted by atomic mass is 19.4. The van der Waals surface area contributed by atoms with E-state index < -0.39 is 17.7 Å². The van der Waals surface area contributed by atoms with Gasteiger partial charge in [0, 0.05) is 5.69 Å². The summed E-state index contributed by atoms with van der Waals surface area (Å²) in [7, 11) is 0. The molecule has 0 saturated heterocycles. The van der Waals surface area contributed by atoms with Crippen molar-refractivity contribution in [3.8, 4) is 0 Å². The van der Waals surface area contributed by atoms with Crippen molar-refractivity contribution < 1.29 is 55.9 Å². The molecule has 0 aliphatic rings. The summed E-state index contributed by atoms with van der Waals surface area (Å²) < 4.78 is 76.5. The molecule has 0 saturated carbocycles. The van der Waals surface area contributed by atoms with Crippen molar-refractivity contribution in [3.63, 3.8) is 0 Å². The third kappa shape index (κ3) is 14.4. The summed E-state index contributed by atoms with van der Waals surface area (Å²) in [4.78, 5) is 24.3. The Morgan fingerprint density at radius 1 is 0.543 bits per heavy atom. The number of esters is 2. The number of hydrogen-bond acceptors (Lipinski definition) is 10. The molecule has 3 aromatic carbocycles. The minimum Gasteiger partial charge on any atom is -0.460 e. The van der Waals surface area contributed by atoms with Gasteiger partial charge in [0.05, 0.1) is 88.4 Å². The molecule has 10 nitrogen and oxygen atoms in total. The molecule has 46 heavy (non-hydrogen) atoms. The Kier molecular flexibility index (Phi) is 16.6. The highest BCUT2D eigenvalue weighted by Crippen LogP contribution is 2.32. The fourth-order valence-corrected chi connectivity index (χ4v) is 3.80. The maximum atomic E-state index is 13.0. The predicted molar refractivity (Wildman–Crippen MR) is 162 cm³/mol. The molecular formula is C33H38F3NO9.